The Morgan fingerprint density at radius 1 is 1.06 bits per heavy atom. The maximum Gasteiger partial charge on any atom is 0.327 e. The number of amides is 3. The fraction of sp³-hybridized carbons (Fsp3) is 0.846. The zero-order valence-corrected chi connectivity index (χ0v) is 10.4. The summed E-state index contributed by atoms with van der Waals surface area (Å²) in [4.78, 5) is 28.0. The number of hydrogen-bond acceptors (Lipinski definition) is 2. The van der Waals surface area contributed by atoms with Crippen LogP contribution >= 0.6 is 0 Å². The lowest BCUT2D eigenvalue weighted by molar-refractivity contribution is -0.130. The van der Waals surface area contributed by atoms with Crippen molar-refractivity contribution in [3.8, 4) is 0 Å². The molecule has 2 aliphatic heterocycles. The first kappa shape index (κ1) is 11.1. The second-order valence-electron chi connectivity index (χ2n) is 5.69. The fourth-order valence-corrected chi connectivity index (χ4v) is 3.59. The third-order valence-corrected chi connectivity index (χ3v) is 4.58. The number of imide groups is 1. The zero-order valence-electron chi connectivity index (χ0n) is 10.4. The Bertz CT molecular complexity index is 349. The molecule has 1 aliphatic carbocycles. The van der Waals surface area contributed by atoms with Crippen molar-refractivity contribution in [2.24, 2.45) is 5.92 Å². The van der Waals surface area contributed by atoms with E-state index in [9.17, 15) is 9.59 Å². The van der Waals surface area contributed by atoms with E-state index in [1.165, 1.54) is 6.42 Å². The average Bonchev–Trinajstić information content (AvgIpc) is 2.82. The quantitative estimate of drug-likeness (QED) is 0.653. The van der Waals surface area contributed by atoms with Gasteiger partial charge in [0.05, 0.1) is 0 Å². The predicted octanol–water partition coefficient (Wildman–Crippen LogP) is 1.99. The van der Waals surface area contributed by atoms with Gasteiger partial charge in [-0.3, -0.25) is 9.69 Å². The molecule has 0 aromatic rings. The molecule has 0 spiro atoms. The van der Waals surface area contributed by atoms with Crippen molar-refractivity contribution >= 4 is 11.9 Å². The minimum absolute atomic E-state index is 0.0174. The number of carbonyl (C=O) groups excluding carboxylic acids is 2. The molecule has 3 fully saturated rings. The van der Waals surface area contributed by atoms with Crippen molar-refractivity contribution in [2.75, 3.05) is 6.54 Å². The molecule has 2 atom stereocenters. The molecule has 2 unspecified atom stereocenters. The van der Waals surface area contributed by atoms with Crippen LogP contribution in [-0.2, 0) is 4.79 Å². The summed E-state index contributed by atoms with van der Waals surface area (Å²) in [5, 5.41) is 0. The largest absolute Gasteiger partial charge is 0.327 e. The Morgan fingerprint density at radius 3 is 2.41 bits per heavy atom. The summed E-state index contributed by atoms with van der Waals surface area (Å²) < 4.78 is 0. The van der Waals surface area contributed by atoms with Crippen LogP contribution in [0.5, 0.6) is 0 Å². The molecular formula is C13H20N2O2. The van der Waals surface area contributed by atoms with Crippen molar-refractivity contribution in [2.45, 2.75) is 57.5 Å². The number of hydrogen-bond donors (Lipinski definition) is 0. The van der Waals surface area contributed by atoms with E-state index in [-0.39, 0.29) is 24.0 Å². The van der Waals surface area contributed by atoms with E-state index in [1.807, 2.05) is 0 Å². The van der Waals surface area contributed by atoms with E-state index < -0.39 is 0 Å². The minimum Gasteiger partial charge on any atom is -0.312 e. The molecule has 4 heteroatoms. The molecule has 3 amide bonds. The number of nitrogens with zero attached hydrogens (tertiary/aromatic N) is 2. The Kier molecular flexibility index (Phi) is 2.60. The maximum atomic E-state index is 12.4. The summed E-state index contributed by atoms with van der Waals surface area (Å²) in [6.45, 7) is 2.85. The molecule has 0 aromatic heterocycles. The van der Waals surface area contributed by atoms with Crippen LogP contribution in [-0.4, -0.2) is 40.4 Å². The van der Waals surface area contributed by atoms with Crippen molar-refractivity contribution < 1.29 is 9.59 Å². The second kappa shape index (κ2) is 4.00. The molecule has 3 rings (SSSR count). The highest BCUT2D eigenvalue weighted by atomic mass is 16.2. The van der Waals surface area contributed by atoms with Crippen molar-refractivity contribution in [3.05, 3.63) is 0 Å². The smallest absolute Gasteiger partial charge is 0.312 e. The highest BCUT2D eigenvalue weighted by Crippen LogP contribution is 2.35. The highest BCUT2D eigenvalue weighted by Gasteiger charge is 2.52. The van der Waals surface area contributed by atoms with E-state index in [1.54, 1.807) is 9.80 Å². The van der Waals surface area contributed by atoms with Gasteiger partial charge in [-0.05, 0) is 25.2 Å². The van der Waals surface area contributed by atoms with E-state index in [2.05, 4.69) is 6.92 Å². The zero-order chi connectivity index (χ0) is 12.0. The summed E-state index contributed by atoms with van der Waals surface area (Å²) in [6.07, 6.45) is 6.54. The van der Waals surface area contributed by atoms with Gasteiger partial charge in [0.25, 0.3) is 5.91 Å². The topological polar surface area (TPSA) is 40.6 Å². The number of urea groups is 1. The van der Waals surface area contributed by atoms with Crippen LogP contribution in [0.2, 0.25) is 0 Å². The first-order chi connectivity index (χ1) is 8.20. The lowest BCUT2D eigenvalue weighted by atomic mass is 9.93. The van der Waals surface area contributed by atoms with Crippen LogP contribution in [0.25, 0.3) is 0 Å². The van der Waals surface area contributed by atoms with Crippen LogP contribution in [0, 0.1) is 5.92 Å². The van der Waals surface area contributed by atoms with Gasteiger partial charge in [-0.2, -0.15) is 0 Å². The van der Waals surface area contributed by atoms with Crippen LogP contribution < -0.4 is 0 Å². The molecule has 2 saturated heterocycles. The third kappa shape index (κ3) is 1.57. The first-order valence-corrected chi connectivity index (χ1v) is 6.84. The van der Waals surface area contributed by atoms with E-state index in [0.29, 0.717) is 5.92 Å². The van der Waals surface area contributed by atoms with E-state index in [0.717, 1.165) is 38.6 Å². The molecule has 17 heavy (non-hydrogen) atoms. The molecule has 0 aromatic carbocycles. The molecule has 0 radical (unpaired) electrons. The van der Waals surface area contributed by atoms with Crippen molar-refractivity contribution in [3.63, 3.8) is 0 Å². The molecule has 1 saturated carbocycles. The Hall–Kier alpha value is -1.06. The summed E-state index contributed by atoms with van der Waals surface area (Å²) in [7, 11) is 0. The highest BCUT2D eigenvalue weighted by molar-refractivity contribution is 6.05. The van der Waals surface area contributed by atoms with Gasteiger partial charge < -0.3 is 4.90 Å². The minimum atomic E-state index is -0.149. The standard InChI is InChI=1S/C13H20N2O2/c1-9-7-8-14-11(9)12(16)15(13(14)17)10-5-3-2-4-6-10/h9-11H,2-8H2,1H3. The maximum absolute atomic E-state index is 12.4. The van der Waals surface area contributed by atoms with Gasteiger partial charge in [-0.1, -0.05) is 26.2 Å². The van der Waals surface area contributed by atoms with Gasteiger partial charge in [0.1, 0.15) is 6.04 Å². The summed E-state index contributed by atoms with van der Waals surface area (Å²) >= 11 is 0. The van der Waals surface area contributed by atoms with Crippen LogP contribution in [0.3, 0.4) is 0 Å². The molecule has 4 nitrogen and oxygen atoms in total. The molecule has 94 valence electrons. The predicted molar refractivity (Wildman–Crippen MR) is 63.4 cm³/mol. The van der Waals surface area contributed by atoms with Gasteiger partial charge in [-0.25, -0.2) is 4.79 Å². The van der Waals surface area contributed by atoms with Gasteiger partial charge >= 0.3 is 6.03 Å². The van der Waals surface area contributed by atoms with Crippen molar-refractivity contribution in [1.29, 1.82) is 0 Å². The molecule has 0 bridgehead atoms. The molecule has 0 N–H and O–H groups in total. The number of rotatable bonds is 1. The normalized spacial score (nSPS) is 34.6. The first-order valence-electron chi connectivity index (χ1n) is 6.84. The number of carbonyl (C=O) groups is 2. The lowest BCUT2D eigenvalue weighted by Crippen LogP contribution is -2.43. The van der Waals surface area contributed by atoms with Gasteiger partial charge in [0.15, 0.2) is 0 Å². The van der Waals surface area contributed by atoms with Crippen LogP contribution in [0.15, 0.2) is 0 Å². The summed E-state index contributed by atoms with van der Waals surface area (Å²) in [5.74, 6) is 0.409. The third-order valence-electron chi connectivity index (χ3n) is 4.58. The van der Waals surface area contributed by atoms with E-state index in [4.69, 9.17) is 0 Å². The van der Waals surface area contributed by atoms with Gasteiger partial charge in [0, 0.05) is 12.6 Å². The van der Waals surface area contributed by atoms with E-state index >= 15 is 0 Å². The lowest BCUT2D eigenvalue weighted by Gasteiger charge is -2.29. The summed E-state index contributed by atoms with van der Waals surface area (Å²) in [6, 6.07) is 0.0160. The van der Waals surface area contributed by atoms with Gasteiger partial charge in [-0.15, -0.1) is 0 Å². The SMILES string of the molecule is CC1CCN2C(=O)N(C3CCCCC3)C(=O)C12. The Morgan fingerprint density at radius 2 is 1.76 bits per heavy atom. The second-order valence-corrected chi connectivity index (χ2v) is 5.69. The molecule has 3 aliphatic rings. The Labute approximate surface area is 102 Å². The fourth-order valence-electron chi connectivity index (χ4n) is 3.59. The van der Waals surface area contributed by atoms with Gasteiger partial charge in [0.2, 0.25) is 0 Å². The van der Waals surface area contributed by atoms with Crippen molar-refractivity contribution in [1.82, 2.24) is 9.80 Å². The van der Waals surface area contributed by atoms with Crippen LogP contribution in [0.1, 0.15) is 45.4 Å². The average molecular weight is 236 g/mol. The summed E-state index contributed by atoms with van der Waals surface area (Å²) in [5.41, 5.74) is 0. The number of fused-ring (bicyclic) bond motifs is 1. The monoisotopic (exact) mass is 236 g/mol. The molecule has 2 heterocycles. The van der Waals surface area contributed by atoms with Crippen LogP contribution in [0.4, 0.5) is 4.79 Å². The molecular weight excluding hydrogens is 216 g/mol. The Balaban J connectivity index is 1.82.